The molecule has 21 heavy (non-hydrogen) atoms. The number of benzene rings is 1. The molecule has 1 aromatic rings. The highest BCUT2D eigenvalue weighted by Crippen LogP contribution is 2.31. The summed E-state index contributed by atoms with van der Waals surface area (Å²) < 4.78 is 28.3. The van der Waals surface area contributed by atoms with Gasteiger partial charge >= 0.3 is 5.97 Å². The van der Waals surface area contributed by atoms with Crippen LogP contribution in [0.25, 0.3) is 0 Å². The molecule has 8 heteroatoms. The van der Waals surface area contributed by atoms with Gasteiger partial charge in [0, 0.05) is 15.2 Å². The van der Waals surface area contributed by atoms with Crippen LogP contribution in [-0.4, -0.2) is 20.5 Å². The van der Waals surface area contributed by atoms with Crippen LogP contribution >= 0.6 is 38.2 Å². The fourth-order valence-corrected chi connectivity index (χ4v) is 4.40. The van der Waals surface area contributed by atoms with Gasteiger partial charge in [-0.2, -0.15) is 0 Å². The average Bonchev–Trinajstić information content (AvgIpc) is 2.24. The largest absolute Gasteiger partial charge is 0.459 e. The summed E-state index contributed by atoms with van der Waals surface area (Å²) in [6.07, 6.45) is 0.397. The average molecular weight is 418 g/mol. The van der Waals surface area contributed by atoms with Crippen LogP contribution in [-0.2, 0) is 13.8 Å². The summed E-state index contributed by atoms with van der Waals surface area (Å²) in [7, 11) is 1.32. The fourth-order valence-electron chi connectivity index (χ4n) is 1.83. The third-order valence-corrected chi connectivity index (χ3v) is 5.21. The minimum absolute atomic E-state index is 0.0327. The molecule has 4 nitrogen and oxygen atoms in total. The third-order valence-electron chi connectivity index (χ3n) is 2.62. The highest BCUT2D eigenvalue weighted by molar-refractivity contribution is 9.10. The van der Waals surface area contributed by atoms with Crippen molar-refractivity contribution in [1.29, 1.82) is 0 Å². The van der Waals surface area contributed by atoms with Crippen LogP contribution in [0.2, 0.25) is 5.02 Å². The van der Waals surface area contributed by atoms with Gasteiger partial charge in [-0.1, -0.05) is 25.4 Å². The van der Waals surface area contributed by atoms with Gasteiger partial charge in [-0.25, -0.2) is 13.2 Å². The molecule has 0 N–H and O–H groups in total. The molecule has 1 rings (SSSR count). The van der Waals surface area contributed by atoms with Crippen molar-refractivity contribution in [2.24, 2.45) is 5.92 Å². The van der Waals surface area contributed by atoms with E-state index in [9.17, 15) is 13.2 Å². The Morgan fingerprint density at radius 3 is 2.38 bits per heavy atom. The van der Waals surface area contributed by atoms with Crippen LogP contribution in [0.5, 0.6) is 0 Å². The topological polar surface area (TPSA) is 60.4 Å². The Morgan fingerprint density at radius 2 is 1.90 bits per heavy atom. The number of carbonyl (C=O) groups is 1. The van der Waals surface area contributed by atoms with E-state index in [0.29, 0.717) is 12.3 Å². The number of hydrogen-bond donors (Lipinski definition) is 0. The molecule has 0 aliphatic rings. The van der Waals surface area contributed by atoms with E-state index >= 15 is 0 Å². The van der Waals surface area contributed by atoms with Crippen LogP contribution in [0.15, 0.2) is 21.5 Å². The van der Waals surface area contributed by atoms with Gasteiger partial charge in [0.2, 0.25) is 0 Å². The molecule has 0 fully saturated rings. The normalized spacial score (nSPS) is 13.3. The summed E-state index contributed by atoms with van der Waals surface area (Å²) in [6, 6.07) is 2.42. The van der Waals surface area contributed by atoms with Gasteiger partial charge in [0.1, 0.15) is 0 Å². The standard InChI is InChI=1S/C13H15BrCl2O4S/c1-7(2)4-8(3)20-13(17)9-5-12(21(16,18)19)10(14)6-11(9)15/h5-8H,4H2,1-3H3. The Hall–Kier alpha value is -0.300. The maximum absolute atomic E-state index is 12.1. The van der Waals surface area contributed by atoms with E-state index in [0.717, 1.165) is 6.07 Å². The Kier molecular flexibility index (Phi) is 6.53. The van der Waals surface area contributed by atoms with Crippen LogP contribution in [0.3, 0.4) is 0 Å². The first-order chi connectivity index (χ1) is 9.52. The predicted molar refractivity (Wildman–Crippen MR) is 86.5 cm³/mol. The van der Waals surface area contributed by atoms with Crippen LogP contribution in [0, 0.1) is 5.92 Å². The lowest BCUT2D eigenvalue weighted by Gasteiger charge is -2.16. The van der Waals surface area contributed by atoms with E-state index in [1.54, 1.807) is 6.92 Å². The first kappa shape index (κ1) is 18.7. The summed E-state index contributed by atoms with van der Waals surface area (Å²) in [5.74, 6) is -0.311. The lowest BCUT2D eigenvalue weighted by atomic mass is 10.1. The van der Waals surface area contributed by atoms with Gasteiger partial charge in [-0.05, 0) is 47.3 Å². The molecule has 0 aliphatic carbocycles. The van der Waals surface area contributed by atoms with Crippen molar-refractivity contribution in [2.75, 3.05) is 0 Å². The second-order valence-electron chi connectivity index (χ2n) is 5.05. The van der Waals surface area contributed by atoms with E-state index < -0.39 is 15.0 Å². The van der Waals surface area contributed by atoms with Crippen molar-refractivity contribution in [3.8, 4) is 0 Å². The van der Waals surface area contributed by atoms with Crippen LogP contribution < -0.4 is 0 Å². The first-order valence-electron chi connectivity index (χ1n) is 6.17. The quantitative estimate of drug-likeness (QED) is 0.517. The summed E-state index contributed by atoms with van der Waals surface area (Å²) in [6.45, 7) is 5.79. The molecule has 0 aliphatic heterocycles. The number of carbonyl (C=O) groups excluding carboxylic acids is 1. The molecule has 0 heterocycles. The van der Waals surface area contributed by atoms with E-state index in [1.165, 1.54) is 6.07 Å². The van der Waals surface area contributed by atoms with Crippen molar-refractivity contribution in [3.05, 3.63) is 27.2 Å². The molecule has 0 bridgehead atoms. The monoisotopic (exact) mass is 416 g/mol. The van der Waals surface area contributed by atoms with Crippen LogP contribution in [0.4, 0.5) is 0 Å². The second-order valence-corrected chi connectivity index (χ2v) is 8.84. The predicted octanol–water partition coefficient (Wildman–Crippen LogP) is 4.62. The van der Waals surface area contributed by atoms with Gasteiger partial charge in [0.15, 0.2) is 0 Å². The lowest BCUT2D eigenvalue weighted by Crippen LogP contribution is -2.17. The van der Waals surface area contributed by atoms with Crippen molar-refractivity contribution in [3.63, 3.8) is 0 Å². The van der Waals surface area contributed by atoms with Crippen molar-refractivity contribution >= 4 is 53.2 Å². The molecule has 1 unspecified atom stereocenters. The molecule has 0 saturated heterocycles. The SMILES string of the molecule is CC(C)CC(C)OC(=O)c1cc(S(=O)(=O)Cl)c(Br)cc1Cl. The highest BCUT2D eigenvalue weighted by Gasteiger charge is 2.22. The maximum Gasteiger partial charge on any atom is 0.339 e. The van der Waals surface area contributed by atoms with Crippen molar-refractivity contribution in [1.82, 2.24) is 0 Å². The summed E-state index contributed by atoms with van der Waals surface area (Å²) in [4.78, 5) is 11.9. The Bertz CT molecular complexity index is 644. The molecule has 0 amide bonds. The molecule has 0 aromatic heterocycles. The molecule has 1 aromatic carbocycles. The second kappa shape index (κ2) is 7.31. The Labute approximate surface area is 142 Å². The third kappa shape index (κ3) is 5.43. The van der Waals surface area contributed by atoms with E-state index in [4.69, 9.17) is 27.0 Å². The van der Waals surface area contributed by atoms with Gasteiger partial charge in [0.25, 0.3) is 9.05 Å². The van der Waals surface area contributed by atoms with Crippen LogP contribution in [0.1, 0.15) is 37.6 Å². The molecule has 0 saturated carbocycles. The van der Waals surface area contributed by atoms with Gasteiger partial charge < -0.3 is 4.74 Å². The smallest absolute Gasteiger partial charge is 0.339 e. The number of esters is 1. The maximum atomic E-state index is 12.1. The molecular weight excluding hydrogens is 403 g/mol. The molecule has 1 atom stereocenters. The zero-order valence-electron chi connectivity index (χ0n) is 11.7. The molecule has 0 spiro atoms. The minimum atomic E-state index is -3.99. The van der Waals surface area contributed by atoms with Gasteiger partial charge in [0.05, 0.1) is 21.6 Å². The zero-order valence-corrected chi connectivity index (χ0v) is 15.6. The van der Waals surface area contributed by atoms with E-state index in [1.807, 2.05) is 13.8 Å². The van der Waals surface area contributed by atoms with Gasteiger partial charge in [-0.15, -0.1) is 0 Å². The zero-order chi connectivity index (χ0) is 16.4. The Morgan fingerprint density at radius 1 is 1.33 bits per heavy atom. The molecule has 118 valence electrons. The number of halogens is 3. The fraction of sp³-hybridized carbons (Fsp3) is 0.462. The Balaban J connectivity index is 3.10. The first-order valence-corrected chi connectivity index (χ1v) is 9.65. The number of ether oxygens (including phenoxy) is 1. The van der Waals surface area contributed by atoms with E-state index in [2.05, 4.69) is 15.9 Å². The number of rotatable bonds is 5. The summed E-state index contributed by atoms with van der Waals surface area (Å²) in [5.41, 5.74) is -0.0327. The van der Waals surface area contributed by atoms with Crippen molar-refractivity contribution < 1.29 is 17.9 Å². The lowest BCUT2D eigenvalue weighted by molar-refractivity contribution is 0.0299. The van der Waals surface area contributed by atoms with E-state index in [-0.39, 0.29) is 26.1 Å². The van der Waals surface area contributed by atoms with Crippen molar-refractivity contribution in [2.45, 2.75) is 38.2 Å². The molecular formula is C13H15BrCl2O4S. The summed E-state index contributed by atoms with van der Waals surface area (Å²) >= 11 is 9.02. The highest BCUT2D eigenvalue weighted by atomic mass is 79.9. The number of hydrogen-bond acceptors (Lipinski definition) is 4. The molecule has 0 radical (unpaired) electrons. The minimum Gasteiger partial charge on any atom is -0.459 e. The van der Waals surface area contributed by atoms with Gasteiger partial charge in [-0.3, -0.25) is 0 Å². The summed E-state index contributed by atoms with van der Waals surface area (Å²) in [5, 5.41) is 0.0905.